The summed E-state index contributed by atoms with van der Waals surface area (Å²) in [4.78, 5) is 18.9. The molecule has 1 fully saturated rings. The van der Waals surface area contributed by atoms with Gasteiger partial charge in [0.05, 0.1) is 5.60 Å². The first-order valence-electron chi connectivity index (χ1n) is 7.60. The SMILES string of the molecule is CCNc1cc(C(=O)N2CCC(C)(O)C2)cc(C(C)C)n1. The summed E-state index contributed by atoms with van der Waals surface area (Å²) in [6, 6.07) is 3.66. The molecule has 1 aliphatic rings. The van der Waals surface area contributed by atoms with Gasteiger partial charge in [0, 0.05) is 30.9 Å². The molecule has 1 saturated heterocycles. The summed E-state index contributed by atoms with van der Waals surface area (Å²) < 4.78 is 0. The number of likely N-dealkylation sites (tertiary alicyclic amines) is 1. The molecule has 2 heterocycles. The Hall–Kier alpha value is -1.62. The lowest BCUT2D eigenvalue weighted by atomic mass is 10.1. The summed E-state index contributed by atoms with van der Waals surface area (Å²) in [5.41, 5.74) is 0.777. The van der Waals surface area contributed by atoms with E-state index in [-0.39, 0.29) is 11.8 Å². The molecule has 1 aliphatic heterocycles. The van der Waals surface area contributed by atoms with Crippen LogP contribution in [0.4, 0.5) is 5.82 Å². The van der Waals surface area contributed by atoms with Gasteiger partial charge in [0.25, 0.3) is 5.91 Å². The van der Waals surface area contributed by atoms with Crippen molar-refractivity contribution in [2.75, 3.05) is 25.0 Å². The molecule has 0 aromatic carbocycles. The Bertz CT molecular complexity index is 526. The highest BCUT2D eigenvalue weighted by molar-refractivity contribution is 5.95. The number of anilines is 1. The average molecular weight is 291 g/mol. The van der Waals surface area contributed by atoms with Gasteiger partial charge in [0.15, 0.2) is 0 Å². The normalized spacial score (nSPS) is 21.9. The predicted octanol–water partition coefficient (Wildman–Crippen LogP) is 2.23. The topological polar surface area (TPSA) is 65.5 Å². The number of pyridine rings is 1. The number of nitrogens with zero attached hydrogens (tertiary/aromatic N) is 2. The fourth-order valence-electron chi connectivity index (χ4n) is 2.54. The van der Waals surface area contributed by atoms with Crippen molar-refractivity contribution < 1.29 is 9.90 Å². The number of β-amino-alcohol motifs (C(OH)–C–C–N with tert-alkyl or cyclic N) is 1. The molecule has 0 spiro atoms. The Labute approximate surface area is 126 Å². The van der Waals surface area contributed by atoms with Crippen molar-refractivity contribution in [2.45, 2.75) is 45.6 Å². The second-order valence-corrected chi connectivity index (χ2v) is 6.32. The maximum atomic E-state index is 12.6. The Morgan fingerprint density at radius 1 is 1.52 bits per heavy atom. The van der Waals surface area contributed by atoms with Gasteiger partial charge in [-0.25, -0.2) is 4.98 Å². The zero-order valence-corrected chi connectivity index (χ0v) is 13.3. The molecule has 0 bridgehead atoms. The van der Waals surface area contributed by atoms with Gasteiger partial charge >= 0.3 is 0 Å². The van der Waals surface area contributed by atoms with Crippen molar-refractivity contribution in [1.82, 2.24) is 9.88 Å². The summed E-state index contributed by atoms with van der Waals surface area (Å²) in [6.07, 6.45) is 0.626. The first-order chi connectivity index (χ1) is 9.82. The number of nitrogens with one attached hydrogen (secondary N) is 1. The number of hydrogen-bond donors (Lipinski definition) is 2. The third-order valence-electron chi connectivity index (χ3n) is 3.78. The van der Waals surface area contributed by atoms with Gasteiger partial charge in [-0.3, -0.25) is 4.79 Å². The van der Waals surface area contributed by atoms with Gasteiger partial charge in [0.1, 0.15) is 5.82 Å². The van der Waals surface area contributed by atoms with Crippen molar-refractivity contribution in [1.29, 1.82) is 0 Å². The van der Waals surface area contributed by atoms with Crippen molar-refractivity contribution in [3.05, 3.63) is 23.4 Å². The number of aromatic nitrogens is 1. The van der Waals surface area contributed by atoms with Gasteiger partial charge < -0.3 is 15.3 Å². The van der Waals surface area contributed by atoms with Gasteiger partial charge in [-0.15, -0.1) is 0 Å². The molecule has 116 valence electrons. The zero-order chi connectivity index (χ0) is 15.6. The van der Waals surface area contributed by atoms with E-state index in [0.29, 0.717) is 25.1 Å². The lowest BCUT2D eigenvalue weighted by Crippen LogP contribution is -2.34. The smallest absolute Gasteiger partial charge is 0.254 e. The quantitative estimate of drug-likeness (QED) is 0.893. The number of rotatable bonds is 4. The van der Waals surface area contributed by atoms with Crippen LogP contribution in [0.1, 0.15) is 56.1 Å². The summed E-state index contributed by atoms with van der Waals surface area (Å²) in [5.74, 6) is 0.964. The van der Waals surface area contributed by atoms with Crippen LogP contribution >= 0.6 is 0 Å². The number of hydrogen-bond acceptors (Lipinski definition) is 4. The minimum atomic E-state index is -0.770. The summed E-state index contributed by atoms with van der Waals surface area (Å²) >= 11 is 0. The van der Waals surface area contributed by atoms with Crippen molar-refractivity contribution in [3.63, 3.8) is 0 Å². The fraction of sp³-hybridized carbons (Fsp3) is 0.625. The molecule has 5 heteroatoms. The van der Waals surface area contributed by atoms with Crippen molar-refractivity contribution >= 4 is 11.7 Å². The summed E-state index contributed by atoms with van der Waals surface area (Å²) in [7, 11) is 0. The lowest BCUT2D eigenvalue weighted by molar-refractivity contribution is 0.0572. The van der Waals surface area contributed by atoms with E-state index in [4.69, 9.17) is 0 Å². The molecule has 1 unspecified atom stereocenters. The van der Waals surface area contributed by atoms with E-state index in [1.807, 2.05) is 13.0 Å². The molecule has 1 amide bonds. The highest BCUT2D eigenvalue weighted by atomic mass is 16.3. The van der Waals surface area contributed by atoms with Crippen LogP contribution in [0.5, 0.6) is 0 Å². The average Bonchev–Trinajstić information content (AvgIpc) is 2.78. The molecule has 1 atom stereocenters. The molecule has 5 nitrogen and oxygen atoms in total. The standard InChI is InChI=1S/C16H25N3O2/c1-5-17-14-9-12(8-13(18-14)11(2)3)15(20)19-7-6-16(4,21)10-19/h8-9,11,21H,5-7,10H2,1-4H3,(H,17,18). The molecular weight excluding hydrogens is 266 g/mol. The van der Waals surface area contributed by atoms with Crippen LogP contribution in [-0.2, 0) is 0 Å². The van der Waals surface area contributed by atoms with E-state index in [0.717, 1.165) is 18.1 Å². The van der Waals surface area contributed by atoms with Gasteiger partial charge in [-0.05, 0) is 38.3 Å². The summed E-state index contributed by atoms with van der Waals surface area (Å²) in [5, 5.41) is 13.2. The van der Waals surface area contributed by atoms with Crippen LogP contribution in [-0.4, -0.2) is 46.1 Å². The van der Waals surface area contributed by atoms with E-state index in [9.17, 15) is 9.90 Å². The third-order valence-corrected chi connectivity index (χ3v) is 3.78. The highest BCUT2D eigenvalue weighted by Gasteiger charge is 2.34. The Morgan fingerprint density at radius 2 is 2.24 bits per heavy atom. The fourth-order valence-corrected chi connectivity index (χ4v) is 2.54. The lowest BCUT2D eigenvalue weighted by Gasteiger charge is -2.20. The number of carbonyl (C=O) groups excluding carboxylic acids is 1. The Kier molecular flexibility index (Phi) is 4.52. The first-order valence-corrected chi connectivity index (χ1v) is 7.60. The Balaban J connectivity index is 2.27. The van der Waals surface area contributed by atoms with E-state index < -0.39 is 5.60 Å². The second-order valence-electron chi connectivity index (χ2n) is 6.32. The zero-order valence-electron chi connectivity index (χ0n) is 13.3. The van der Waals surface area contributed by atoms with Crippen molar-refractivity contribution in [3.8, 4) is 0 Å². The maximum Gasteiger partial charge on any atom is 0.254 e. The van der Waals surface area contributed by atoms with Gasteiger partial charge in [-0.1, -0.05) is 13.8 Å². The van der Waals surface area contributed by atoms with Crippen LogP contribution in [0.25, 0.3) is 0 Å². The monoisotopic (exact) mass is 291 g/mol. The van der Waals surface area contributed by atoms with E-state index >= 15 is 0 Å². The maximum absolute atomic E-state index is 12.6. The number of amides is 1. The van der Waals surface area contributed by atoms with E-state index in [1.165, 1.54) is 0 Å². The molecule has 0 radical (unpaired) electrons. The molecule has 0 aliphatic carbocycles. The highest BCUT2D eigenvalue weighted by Crippen LogP contribution is 2.24. The van der Waals surface area contributed by atoms with E-state index in [1.54, 1.807) is 17.9 Å². The molecule has 2 rings (SSSR count). The Morgan fingerprint density at radius 3 is 2.76 bits per heavy atom. The first kappa shape index (κ1) is 15.8. The molecule has 2 N–H and O–H groups in total. The number of aliphatic hydroxyl groups is 1. The third kappa shape index (κ3) is 3.73. The summed E-state index contributed by atoms with van der Waals surface area (Å²) in [6.45, 7) is 9.66. The van der Waals surface area contributed by atoms with Gasteiger partial charge in [-0.2, -0.15) is 0 Å². The molecule has 1 aromatic rings. The largest absolute Gasteiger partial charge is 0.388 e. The predicted molar refractivity (Wildman–Crippen MR) is 83.6 cm³/mol. The van der Waals surface area contributed by atoms with Crippen LogP contribution in [0, 0.1) is 0 Å². The molecule has 1 aromatic heterocycles. The van der Waals surface area contributed by atoms with Crippen LogP contribution in [0.15, 0.2) is 12.1 Å². The van der Waals surface area contributed by atoms with Crippen molar-refractivity contribution in [2.24, 2.45) is 0 Å². The molecule has 21 heavy (non-hydrogen) atoms. The van der Waals surface area contributed by atoms with Crippen LogP contribution < -0.4 is 5.32 Å². The minimum Gasteiger partial charge on any atom is -0.388 e. The molecular formula is C16H25N3O2. The minimum absolute atomic E-state index is 0.0313. The van der Waals surface area contributed by atoms with Crippen LogP contribution in [0.3, 0.4) is 0 Å². The van der Waals surface area contributed by atoms with E-state index in [2.05, 4.69) is 24.1 Å². The molecule has 0 saturated carbocycles. The second kappa shape index (κ2) is 6.02. The van der Waals surface area contributed by atoms with Gasteiger partial charge in [0.2, 0.25) is 0 Å². The number of carbonyl (C=O) groups is 1. The van der Waals surface area contributed by atoms with Crippen LogP contribution in [0.2, 0.25) is 0 Å².